The number of hydrogen-bond acceptors (Lipinski definition) is 11. The molecule has 1 aliphatic heterocycles. The van der Waals surface area contributed by atoms with Crippen molar-refractivity contribution in [1.29, 1.82) is 0 Å². The van der Waals surface area contributed by atoms with E-state index in [0.717, 1.165) is 0 Å². The van der Waals surface area contributed by atoms with Crippen LogP contribution in [0, 0.1) is 10.1 Å². The molecular weight excluding hydrogens is 548 g/mol. The Morgan fingerprint density at radius 3 is 2.70 bits per heavy atom. The van der Waals surface area contributed by atoms with Crippen LogP contribution >= 0.6 is 11.3 Å². The molecule has 37 heavy (non-hydrogen) atoms. The Morgan fingerprint density at radius 2 is 2.03 bits per heavy atom. The fourth-order valence-electron chi connectivity index (χ4n) is 3.86. The van der Waals surface area contributed by atoms with Gasteiger partial charge >= 0.3 is 0 Å². The van der Waals surface area contributed by atoms with Crippen molar-refractivity contribution < 1.29 is 36.3 Å². The lowest BCUT2D eigenvalue weighted by Gasteiger charge is -2.32. The van der Waals surface area contributed by atoms with Gasteiger partial charge in [-0.05, 0) is 30.2 Å². The molecule has 2 aromatic rings. The highest BCUT2D eigenvalue weighted by molar-refractivity contribution is 7.94. The number of amides is 1. The number of benzene rings is 1. The van der Waals surface area contributed by atoms with Crippen LogP contribution in [0.3, 0.4) is 0 Å². The van der Waals surface area contributed by atoms with Crippen LogP contribution in [0.5, 0.6) is 0 Å². The van der Waals surface area contributed by atoms with E-state index in [1.807, 2.05) is 11.6 Å². The van der Waals surface area contributed by atoms with Crippen LogP contribution < -0.4 is 10.0 Å². The molecule has 0 fully saturated rings. The number of thiophene rings is 1. The van der Waals surface area contributed by atoms with Crippen molar-refractivity contribution in [3.63, 3.8) is 0 Å². The van der Waals surface area contributed by atoms with Gasteiger partial charge in [-0.1, -0.05) is 31.2 Å². The van der Waals surface area contributed by atoms with E-state index in [4.69, 9.17) is 4.74 Å². The monoisotopic (exact) mass is 576 g/mol. The number of sulfonamides is 2. The summed E-state index contributed by atoms with van der Waals surface area (Å²) in [4.78, 5) is 27.2. The summed E-state index contributed by atoms with van der Waals surface area (Å²) in [5, 5.41) is 12.6. The summed E-state index contributed by atoms with van der Waals surface area (Å²) in [7, 11) is -6.76. The lowest BCUT2D eigenvalue weighted by Crippen LogP contribution is -2.43. The fourth-order valence-corrected chi connectivity index (χ4v) is 8.73. The minimum Gasteiger partial charge on any atom is -0.385 e. The lowest BCUT2D eigenvalue weighted by molar-refractivity contribution is -0.763. The molecule has 0 bridgehead atoms. The second kappa shape index (κ2) is 12.3. The van der Waals surface area contributed by atoms with Gasteiger partial charge in [0.1, 0.15) is 15.0 Å². The minimum absolute atomic E-state index is 0.0755. The van der Waals surface area contributed by atoms with Gasteiger partial charge in [0.2, 0.25) is 5.91 Å². The third-order valence-corrected chi connectivity index (χ3v) is 10.8. The van der Waals surface area contributed by atoms with E-state index in [1.165, 1.54) is 23.5 Å². The van der Waals surface area contributed by atoms with Crippen molar-refractivity contribution >= 4 is 37.3 Å². The Bertz CT molecular complexity index is 1340. The largest absolute Gasteiger partial charge is 0.385 e. The highest BCUT2D eigenvalue weighted by atomic mass is 32.3. The number of nitrogens with one attached hydrogen (secondary N) is 2. The molecule has 2 N–H and O–H groups in total. The zero-order chi connectivity index (χ0) is 27.2. The Balaban J connectivity index is 1.80. The predicted molar refractivity (Wildman–Crippen MR) is 133 cm³/mol. The maximum absolute atomic E-state index is 13.2. The molecule has 3 rings (SSSR count). The van der Waals surface area contributed by atoms with Crippen LogP contribution in [0.25, 0.3) is 0 Å². The van der Waals surface area contributed by atoms with E-state index in [2.05, 4.69) is 10.2 Å². The molecular formula is C21H28N4O9S3. The van der Waals surface area contributed by atoms with Gasteiger partial charge in [-0.2, -0.15) is 4.31 Å². The van der Waals surface area contributed by atoms with E-state index in [0.29, 0.717) is 47.6 Å². The summed E-state index contributed by atoms with van der Waals surface area (Å²) in [5.74, 6) is -0.842. The molecule has 0 saturated carbocycles. The number of rotatable bonds is 13. The highest BCUT2D eigenvalue weighted by Crippen LogP contribution is 2.40. The minimum atomic E-state index is -4.36. The average molecular weight is 577 g/mol. The summed E-state index contributed by atoms with van der Waals surface area (Å²) in [6, 6.07) is 7.07. The van der Waals surface area contributed by atoms with Gasteiger partial charge in [0, 0.05) is 38.4 Å². The second-order valence-corrected chi connectivity index (χ2v) is 13.2. The van der Waals surface area contributed by atoms with E-state index < -0.39 is 37.1 Å². The number of carbonyl (C=O) groups is 1. The van der Waals surface area contributed by atoms with Crippen LogP contribution in [0.1, 0.15) is 36.1 Å². The zero-order valence-corrected chi connectivity index (χ0v) is 22.7. The first kappa shape index (κ1) is 28.9. The van der Waals surface area contributed by atoms with Crippen LogP contribution in [0.15, 0.2) is 38.8 Å². The van der Waals surface area contributed by atoms with Crippen molar-refractivity contribution in [2.24, 2.45) is 0 Å². The number of nitrogens with zero attached hydrogens (tertiary/aromatic N) is 2. The van der Waals surface area contributed by atoms with Crippen molar-refractivity contribution in [2.75, 3.05) is 33.4 Å². The van der Waals surface area contributed by atoms with Gasteiger partial charge < -0.3 is 14.9 Å². The third kappa shape index (κ3) is 7.24. The molecule has 2 heterocycles. The van der Waals surface area contributed by atoms with E-state index in [-0.39, 0.29) is 34.5 Å². The number of ether oxygens (including phenoxy) is 1. The molecule has 1 aromatic heterocycles. The first-order valence-electron chi connectivity index (χ1n) is 11.2. The quantitative estimate of drug-likeness (QED) is 0.200. The molecule has 16 heteroatoms. The zero-order valence-electron chi connectivity index (χ0n) is 20.2. The standard InChI is InChI=1S/C21H28N4O9S3/c1-3-22-18-13-24(8-5-9-33-2)37(31,32)21-17(18)12-20(35-21)36(29,30)23-19(26)11-15-6-4-7-16(10-15)14-34-25(27)28/h4,6-7,10,12,18,22H,3,5,8-9,11,13-14H2,1-2H3,(H,23,26)/t18-/m0/s1. The maximum Gasteiger partial charge on any atom is 0.294 e. The molecule has 204 valence electrons. The molecule has 0 saturated heterocycles. The molecule has 1 amide bonds. The highest BCUT2D eigenvalue weighted by Gasteiger charge is 2.40. The molecule has 0 spiro atoms. The van der Waals surface area contributed by atoms with Crippen LogP contribution in [0.2, 0.25) is 0 Å². The predicted octanol–water partition coefficient (Wildman–Crippen LogP) is 1.20. The Labute approximate surface area is 219 Å². The molecule has 0 radical (unpaired) electrons. The first-order chi connectivity index (χ1) is 17.5. The number of carbonyl (C=O) groups excluding carboxylic acids is 1. The maximum atomic E-state index is 13.2. The van der Waals surface area contributed by atoms with Gasteiger partial charge in [-0.25, -0.2) is 21.6 Å². The lowest BCUT2D eigenvalue weighted by atomic mass is 10.1. The normalized spacial score (nSPS) is 17.2. The van der Waals surface area contributed by atoms with Crippen LogP contribution in [-0.2, 0) is 47.4 Å². The fraction of sp³-hybridized carbons (Fsp3) is 0.476. The topological polar surface area (TPSA) is 174 Å². The third-order valence-electron chi connectivity index (χ3n) is 5.45. The number of methoxy groups -OCH3 is 1. The molecule has 1 aromatic carbocycles. The van der Waals surface area contributed by atoms with E-state index >= 15 is 0 Å². The molecule has 0 aliphatic carbocycles. The Kier molecular flexibility index (Phi) is 9.60. The first-order valence-corrected chi connectivity index (χ1v) is 15.0. The smallest absolute Gasteiger partial charge is 0.294 e. The number of likely N-dealkylation sites (N-methyl/N-ethyl adjacent to an activating group) is 1. The van der Waals surface area contributed by atoms with E-state index in [1.54, 1.807) is 18.2 Å². The average Bonchev–Trinajstić information content (AvgIpc) is 3.29. The van der Waals surface area contributed by atoms with Crippen LogP contribution in [0.4, 0.5) is 0 Å². The van der Waals surface area contributed by atoms with Gasteiger partial charge in [0.05, 0.1) is 6.42 Å². The summed E-state index contributed by atoms with van der Waals surface area (Å²) in [5.41, 5.74) is 1.20. The van der Waals surface area contributed by atoms with Crippen LogP contribution in [-0.4, -0.2) is 65.5 Å². The molecule has 13 nitrogen and oxygen atoms in total. The number of fused-ring (bicyclic) bond motifs is 1. The van der Waals surface area contributed by atoms with Gasteiger partial charge in [0.25, 0.3) is 25.1 Å². The van der Waals surface area contributed by atoms with Crippen molar-refractivity contribution in [2.45, 2.75) is 40.8 Å². The van der Waals surface area contributed by atoms with Gasteiger partial charge in [0.15, 0.2) is 0 Å². The second-order valence-electron chi connectivity index (χ2n) is 8.15. The molecule has 1 aliphatic rings. The summed E-state index contributed by atoms with van der Waals surface area (Å²) < 4.78 is 60.4. The summed E-state index contributed by atoms with van der Waals surface area (Å²) in [6.45, 7) is 2.83. The Morgan fingerprint density at radius 1 is 1.30 bits per heavy atom. The summed E-state index contributed by atoms with van der Waals surface area (Å²) >= 11 is 0.598. The molecule has 1 atom stereocenters. The SMILES string of the molecule is CCN[C@H]1CN(CCCOC)S(=O)(=O)c2sc(S(=O)(=O)NC(=O)Cc3cccc(CO[N+](=O)[O-])c3)cc21. The van der Waals surface area contributed by atoms with Crippen molar-refractivity contribution in [1.82, 2.24) is 14.3 Å². The van der Waals surface area contributed by atoms with E-state index in [9.17, 15) is 31.7 Å². The Hall–Kier alpha value is -2.63. The van der Waals surface area contributed by atoms with Gasteiger partial charge in [-0.15, -0.1) is 21.5 Å². The molecule has 0 unspecified atom stereocenters. The van der Waals surface area contributed by atoms with Crippen molar-refractivity contribution in [3.05, 3.63) is 57.1 Å². The van der Waals surface area contributed by atoms with Gasteiger partial charge in [-0.3, -0.25) is 4.79 Å². The number of hydrogen-bond donors (Lipinski definition) is 2. The summed E-state index contributed by atoms with van der Waals surface area (Å²) in [6.07, 6.45) is 0.165. The van der Waals surface area contributed by atoms with Crippen molar-refractivity contribution in [3.8, 4) is 0 Å².